The Morgan fingerprint density at radius 2 is 1.81 bits per heavy atom. The smallest absolute Gasteiger partial charge is 0.103 e. The molecule has 4 rings (SSSR count). The van der Waals surface area contributed by atoms with Crippen molar-refractivity contribution in [1.82, 2.24) is 9.97 Å². The number of rotatable bonds is 5. The maximum absolute atomic E-state index is 9.54. The van der Waals surface area contributed by atoms with Gasteiger partial charge in [-0.15, -0.1) is 0 Å². The van der Waals surface area contributed by atoms with Crippen molar-refractivity contribution in [2.24, 2.45) is 0 Å². The molecule has 4 heteroatoms. The number of benzene rings is 2. The van der Waals surface area contributed by atoms with E-state index in [4.69, 9.17) is 0 Å². The van der Waals surface area contributed by atoms with Crippen molar-refractivity contribution in [3.05, 3.63) is 90.4 Å². The molecule has 2 aromatic heterocycles. The topological polar surface area (TPSA) is 61.6 Å². The maximum atomic E-state index is 9.54. The minimum absolute atomic E-state index is 0.555. The van der Waals surface area contributed by atoms with Gasteiger partial charge in [0.2, 0.25) is 0 Å². The van der Waals surface area contributed by atoms with Crippen LogP contribution < -0.4 is 5.32 Å². The fourth-order valence-electron chi connectivity index (χ4n) is 3.16. The summed E-state index contributed by atoms with van der Waals surface area (Å²) in [6.07, 6.45) is 6.12. The van der Waals surface area contributed by atoms with E-state index in [1.54, 1.807) is 12.4 Å². The second-order valence-electron chi connectivity index (χ2n) is 6.29. The van der Waals surface area contributed by atoms with E-state index >= 15 is 0 Å². The summed E-state index contributed by atoms with van der Waals surface area (Å²) in [4.78, 5) is 8.63. The molecule has 0 aliphatic carbocycles. The molecule has 130 valence electrons. The van der Waals surface area contributed by atoms with Crippen molar-refractivity contribution >= 4 is 16.6 Å². The first-order valence-electron chi connectivity index (χ1n) is 8.86. The summed E-state index contributed by atoms with van der Waals surface area (Å²) in [5.41, 5.74) is 5.61. The summed E-state index contributed by atoms with van der Waals surface area (Å²) in [7, 11) is 0. The van der Waals surface area contributed by atoms with Crippen LogP contribution in [0.5, 0.6) is 0 Å². The third-order valence-corrected chi connectivity index (χ3v) is 4.54. The highest BCUT2D eigenvalue weighted by Gasteiger charge is 2.10. The number of nitrogens with one attached hydrogen (secondary N) is 1. The highest BCUT2D eigenvalue weighted by atomic mass is 14.9. The van der Waals surface area contributed by atoms with Crippen LogP contribution in [0.2, 0.25) is 0 Å². The second-order valence-corrected chi connectivity index (χ2v) is 6.29. The predicted octanol–water partition coefficient (Wildman–Crippen LogP) is 4.82. The van der Waals surface area contributed by atoms with Gasteiger partial charge in [0.05, 0.1) is 16.8 Å². The van der Waals surface area contributed by atoms with E-state index < -0.39 is 0 Å². The van der Waals surface area contributed by atoms with E-state index in [-0.39, 0.29) is 0 Å². The van der Waals surface area contributed by atoms with Crippen LogP contribution in [-0.2, 0) is 6.42 Å². The minimum atomic E-state index is 0.555. The molecule has 0 saturated heterocycles. The van der Waals surface area contributed by atoms with Crippen LogP contribution in [0.15, 0.2) is 79.3 Å². The Morgan fingerprint density at radius 3 is 2.59 bits per heavy atom. The molecule has 0 saturated carbocycles. The third-order valence-electron chi connectivity index (χ3n) is 4.54. The van der Waals surface area contributed by atoms with Gasteiger partial charge in [-0.25, -0.2) is 0 Å². The van der Waals surface area contributed by atoms with Gasteiger partial charge in [-0.3, -0.25) is 9.97 Å². The normalized spacial score (nSPS) is 10.5. The molecule has 0 aliphatic heterocycles. The Balaban J connectivity index is 1.69. The average Bonchev–Trinajstić information content (AvgIpc) is 2.75. The first kappa shape index (κ1) is 16.7. The molecule has 27 heavy (non-hydrogen) atoms. The average molecular weight is 350 g/mol. The Kier molecular flexibility index (Phi) is 4.76. The first-order chi connectivity index (χ1) is 13.3. The van der Waals surface area contributed by atoms with Crippen LogP contribution in [0.25, 0.3) is 22.0 Å². The zero-order chi connectivity index (χ0) is 18.5. The number of hydrogen-bond acceptors (Lipinski definition) is 4. The molecule has 0 amide bonds. The summed E-state index contributed by atoms with van der Waals surface area (Å²) in [6, 6.07) is 22.6. The molecule has 4 aromatic rings. The van der Waals surface area contributed by atoms with Gasteiger partial charge in [0.25, 0.3) is 0 Å². The molecule has 0 aliphatic rings. The van der Waals surface area contributed by atoms with Crippen molar-refractivity contribution in [3.63, 3.8) is 0 Å². The van der Waals surface area contributed by atoms with Crippen molar-refractivity contribution in [2.75, 3.05) is 11.9 Å². The van der Waals surface area contributed by atoms with Crippen molar-refractivity contribution in [3.8, 4) is 17.2 Å². The summed E-state index contributed by atoms with van der Waals surface area (Å²) in [6.45, 7) is 0.745. The minimum Gasteiger partial charge on any atom is -0.383 e. The summed E-state index contributed by atoms with van der Waals surface area (Å²) < 4.78 is 0. The van der Waals surface area contributed by atoms with E-state index in [0.29, 0.717) is 5.56 Å². The maximum Gasteiger partial charge on any atom is 0.103 e. The number of fused-ring (bicyclic) bond motifs is 1. The molecule has 0 bridgehead atoms. The number of nitrogens with zero attached hydrogens (tertiary/aromatic N) is 3. The molecule has 2 aromatic carbocycles. The lowest BCUT2D eigenvalue weighted by molar-refractivity contribution is 1.02. The number of aromatic nitrogens is 2. The first-order valence-corrected chi connectivity index (χ1v) is 8.86. The van der Waals surface area contributed by atoms with Crippen LogP contribution in [0.4, 0.5) is 5.69 Å². The Hall–Kier alpha value is -3.71. The van der Waals surface area contributed by atoms with Crippen LogP contribution in [-0.4, -0.2) is 16.5 Å². The molecule has 0 atom stereocenters. The molecule has 0 unspecified atom stereocenters. The van der Waals surface area contributed by atoms with E-state index in [2.05, 4.69) is 39.6 Å². The van der Waals surface area contributed by atoms with Gasteiger partial charge in [0, 0.05) is 36.1 Å². The van der Waals surface area contributed by atoms with Gasteiger partial charge in [0.15, 0.2) is 0 Å². The molecule has 4 nitrogen and oxygen atoms in total. The zero-order valence-corrected chi connectivity index (χ0v) is 14.8. The highest BCUT2D eigenvalue weighted by molar-refractivity contribution is 5.96. The SMILES string of the molecule is N#Cc1cnc2ccc(-c3cccnc3)cc2c1NCCc1ccccc1. The van der Waals surface area contributed by atoms with Crippen LogP contribution in [0.3, 0.4) is 0 Å². The quantitative estimate of drug-likeness (QED) is 0.560. The van der Waals surface area contributed by atoms with Gasteiger partial charge in [-0.05, 0) is 35.7 Å². The number of hydrogen-bond donors (Lipinski definition) is 1. The second kappa shape index (κ2) is 7.67. The Morgan fingerprint density at radius 1 is 0.926 bits per heavy atom. The number of pyridine rings is 2. The Labute approximate surface area is 158 Å². The predicted molar refractivity (Wildman–Crippen MR) is 108 cm³/mol. The van der Waals surface area contributed by atoms with Crippen molar-refractivity contribution in [1.29, 1.82) is 5.26 Å². The number of anilines is 1. The van der Waals surface area contributed by atoms with Crippen LogP contribution >= 0.6 is 0 Å². The third kappa shape index (κ3) is 3.63. The fraction of sp³-hybridized carbons (Fsp3) is 0.0870. The van der Waals surface area contributed by atoms with E-state index in [0.717, 1.165) is 40.7 Å². The van der Waals surface area contributed by atoms with Gasteiger partial charge >= 0.3 is 0 Å². The summed E-state index contributed by atoms with van der Waals surface area (Å²) in [5, 5.41) is 13.9. The lowest BCUT2D eigenvalue weighted by Crippen LogP contribution is -2.07. The van der Waals surface area contributed by atoms with Crippen molar-refractivity contribution < 1.29 is 0 Å². The highest BCUT2D eigenvalue weighted by Crippen LogP contribution is 2.30. The molecule has 1 N–H and O–H groups in total. The summed E-state index contributed by atoms with van der Waals surface area (Å²) in [5.74, 6) is 0. The largest absolute Gasteiger partial charge is 0.383 e. The number of nitriles is 1. The standard InChI is InChI=1S/C23H18N4/c24-14-20-16-27-22-9-8-18(19-7-4-11-25-15-19)13-21(22)23(20)26-12-10-17-5-2-1-3-6-17/h1-9,11,13,15-16H,10,12H2,(H,26,27). The zero-order valence-electron chi connectivity index (χ0n) is 14.8. The molecule has 0 spiro atoms. The van der Waals surface area contributed by atoms with Crippen molar-refractivity contribution in [2.45, 2.75) is 6.42 Å². The molecule has 0 fully saturated rings. The monoisotopic (exact) mass is 350 g/mol. The molecular weight excluding hydrogens is 332 g/mol. The lowest BCUT2D eigenvalue weighted by atomic mass is 10.0. The molecular formula is C23H18N4. The molecule has 2 heterocycles. The van der Waals surface area contributed by atoms with Gasteiger partial charge < -0.3 is 5.32 Å². The van der Waals surface area contributed by atoms with E-state index in [1.807, 2.05) is 48.7 Å². The van der Waals surface area contributed by atoms with Crippen LogP contribution in [0, 0.1) is 11.3 Å². The van der Waals surface area contributed by atoms with Gasteiger partial charge in [-0.2, -0.15) is 5.26 Å². The van der Waals surface area contributed by atoms with Crippen LogP contribution in [0.1, 0.15) is 11.1 Å². The van der Waals surface area contributed by atoms with E-state index in [9.17, 15) is 5.26 Å². The molecule has 0 radical (unpaired) electrons. The Bertz CT molecular complexity index is 1100. The lowest BCUT2D eigenvalue weighted by Gasteiger charge is -2.12. The fourth-order valence-corrected chi connectivity index (χ4v) is 3.16. The van der Waals surface area contributed by atoms with E-state index in [1.165, 1.54) is 5.56 Å². The van der Waals surface area contributed by atoms with Gasteiger partial charge in [-0.1, -0.05) is 42.5 Å². The summed E-state index contributed by atoms with van der Waals surface area (Å²) >= 11 is 0. The van der Waals surface area contributed by atoms with Gasteiger partial charge in [0.1, 0.15) is 6.07 Å².